The number of phenolic OH excluding ortho intramolecular Hbond substituents is 1. The van der Waals surface area contributed by atoms with Crippen molar-refractivity contribution in [1.82, 2.24) is 19.7 Å². The third-order valence-corrected chi connectivity index (χ3v) is 13.5. The van der Waals surface area contributed by atoms with Gasteiger partial charge < -0.3 is 20.8 Å². The Morgan fingerprint density at radius 3 is 2.34 bits per heavy atom. The molecule has 0 aliphatic heterocycles. The molecule has 8 N–H and O–H groups in total. The molecule has 0 bridgehead atoms. The maximum absolute atomic E-state index is 13.0. The third kappa shape index (κ3) is 11.2. The van der Waals surface area contributed by atoms with E-state index in [1.165, 1.54) is 28.7 Å². The standard InChI is InChI=1S/C39H28N12O15S5/c1-18-23(17-40)36-42-24-4-2-3-5-29(24)51(36)37(53)33(18)48-45-20-7-6-19-12-31(69-66-64-56)34(35(52)22(19)13-20)49-47-28-15-26(43-38(54)41-10-11-70(57,58)59)27(16-32(28)71(60,61)62)46-50-39-44-25-9-8-21(68-65-63-55)14-30(25)67-39/h2-9,12-16,52-53,55-56H,10-11H2,1H3,(H2,41,43,54)(H,57,58,59)(H,60,61,62). The van der Waals surface area contributed by atoms with Crippen molar-refractivity contribution in [3.63, 3.8) is 0 Å². The number of aromatic hydroxyl groups is 2. The lowest BCUT2D eigenvalue weighted by Crippen LogP contribution is -2.32. The second kappa shape index (κ2) is 20.9. The summed E-state index contributed by atoms with van der Waals surface area (Å²) in [5.74, 6) is -1.85. The van der Waals surface area contributed by atoms with Crippen LogP contribution in [0.15, 0.2) is 124 Å². The monoisotopic (exact) mass is 1060 g/mol. The third-order valence-electron chi connectivity index (χ3n) is 9.77. The van der Waals surface area contributed by atoms with Crippen molar-refractivity contribution in [2.45, 2.75) is 21.6 Å². The van der Waals surface area contributed by atoms with E-state index in [9.17, 15) is 41.7 Å². The van der Waals surface area contributed by atoms with E-state index in [0.29, 0.717) is 55.6 Å². The first kappa shape index (κ1) is 50.0. The number of amides is 2. The van der Waals surface area contributed by atoms with Crippen molar-refractivity contribution in [3.05, 3.63) is 90.0 Å². The number of carbonyl (C=O) groups is 1. The largest absolute Gasteiger partial charge is 0.505 e. The van der Waals surface area contributed by atoms with Gasteiger partial charge in [-0.2, -0.15) is 27.2 Å². The molecular formula is C39H28N12O15S5. The van der Waals surface area contributed by atoms with Gasteiger partial charge in [0.05, 0.1) is 67.4 Å². The van der Waals surface area contributed by atoms with Crippen LogP contribution in [0, 0.1) is 18.3 Å². The fourth-order valence-corrected chi connectivity index (χ4v) is 9.44. The molecule has 3 heterocycles. The highest BCUT2D eigenvalue weighted by Gasteiger charge is 2.24. The number of pyridine rings is 1. The number of nitrogens with zero attached hydrogens (tertiary/aromatic N) is 10. The molecule has 27 nitrogen and oxygen atoms in total. The van der Waals surface area contributed by atoms with Crippen LogP contribution in [0.4, 0.5) is 44.1 Å². The zero-order valence-electron chi connectivity index (χ0n) is 35.3. The Balaban J connectivity index is 1.19. The molecule has 0 unspecified atom stereocenters. The van der Waals surface area contributed by atoms with Crippen LogP contribution in [0.5, 0.6) is 11.6 Å². The molecule has 0 spiro atoms. The quantitative estimate of drug-likeness (QED) is 0.0138. The highest BCUT2D eigenvalue weighted by molar-refractivity contribution is 7.95. The normalized spacial score (nSPS) is 12.4. The Bertz CT molecular complexity index is 3810. The highest BCUT2D eigenvalue weighted by atomic mass is 32.2. The number of carbonyl (C=O) groups excluding carboxylic acids is 1. The van der Waals surface area contributed by atoms with Crippen LogP contribution in [0.2, 0.25) is 0 Å². The van der Waals surface area contributed by atoms with Crippen molar-refractivity contribution < 1.29 is 70.2 Å². The fraction of sp³-hybridized carbons (Fsp3) is 0.0769. The van der Waals surface area contributed by atoms with Gasteiger partial charge in [-0.25, -0.2) is 25.3 Å². The number of para-hydroxylation sites is 2. The molecule has 3 aromatic heterocycles. The first-order chi connectivity index (χ1) is 34.0. The Morgan fingerprint density at radius 1 is 0.845 bits per heavy atom. The average molecular weight is 1070 g/mol. The molecule has 0 radical (unpaired) electrons. The highest BCUT2D eigenvalue weighted by Crippen LogP contribution is 2.47. The number of hydrogen-bond donors (Lipinski definition) is 8. The van der Waals surface area contributed by atoms with Crippen LogP contribution in [0.25, 0.3) is 37.7 Å². The van der Waals surface area contributed by atoms with Gasteiger partial charge >= 0.3 is 6.03 Å². The van der Waals surface area contributed by atoms with E-state index >= 15 is 0 Å². The second-order valence-electron chi connectivity index (χ2n) is 14.2. The van der Waals surface area contributed by atoms with Gasteiger partial charge in [-0.05, 0) is 73.0 Å². The molecule has 8 aromatic rings. The molecule has 0 saturated heterocycles. The second-order valence-corrected chi connectivity index (χ2v) is 19.7. The number of aromatic nitrogens is 3. The summed E-state index contributed by atoms with van der Waals surface area (Å²) in [5.41, 5.74) is 0.260. The van der Waals surface area contributed by atoms with E-state index in [1.807, 2.05) is 0 Å². The van der Waals surface area contributed by atoms with Gasteiger partial charge in [0, 0.05) is 22.4 Å². The number of urea groups is 1. The van der Waals surface area contributed by atoms with Crippen LogP contribution in [0.1, 0.15) is 11.1 Å². The topological polar surface area (TPSA) is 396 Å². The molecule has 0 aliphatic rings. The predicted molar refractivity (Wildman–Crippen MR) is 253 cm³/mol. The minimum atomic E-state index is -5.23. The summed E-state index contributed by atoms with van der Waals surface area (Å²) in [6.45, 7) is 0.986. The maximum Gasteiger partial charge on any atom is 0.319 e. The van der Waals surface area contributed by atoms with E-state index in [2.05, 4.69) is 76.1 Å². The zero-order chi connectivity index (χ0) is 50.6. The maximum atomic E-state index is 13.0. The van der Waals surface area contributed by atoms with E-state index in [1.54, 1.807) is 49.4 Å². The number of benzene rings is 5. The molecule has 0 saturated carbocycles. The minimum absolute atomic E-state index is 0.0174. The SMILES string of the molecule is Cc1c(N=Nc2ccc3cc(SOOO)c(N=Nc4cc(NC(=O)NCCS(=O)(=O)O)c(N=Nc5nc6ccc(SOOO)cc6s5)cc4S(=O)(=O)O)c(O)c3c2)c(O)n2c(nc3ccccc32)c1C#N. The number of nitrogens with one attached hydrogen (secondary N) is 2. The summed E-state index contributed by atoms with van der Waals surface area (Å²) in [7, 11) is -9.72. The first-order valence-electron chi connectivity index (χ1n) is 19.4. The molecule has 0 atom stereocenters. The lowest BCUT2D eigenvalue weighted by atomic mass is 10.1. The van der Waals surface area contributed by atoms with Gasteiger partial charge in [0.15, 0.2) is 17.1 Å². The number of azo groups is 3. The number of anilines is 1. The average Bonchev–Trinajstić information content (AvgIpc) is 3.93. The summed E-state index contributed by atoms with van der Waals surface area (Å²) in [5, 5.41) is 87.5. The van der Waals surface area contributed by atoms with E-state index in [0.717, 1.165) is 23.5 Å². The van der Waals surface area contributed by atoms with Gasteiger partial charge in [-0.1, -0.05) is 39.6 Å². The minimum Gasteiger partial charge on any atom is -0.505 e. The van der Waals surface area contributed by atoms with Crippen LogP contribution < -0.4 is 10.6 Å². The molecule has 0 fully saturated rings. The molecule has 32 heteroatoms. The van der Waals surface area contributed by atoms with Crippen LogP contribution in [-0.2, 0) is 39.0 Å². The summed E-state index contributed by atoms with van der Waals surface area (Å²) >= 11 is 2.03. The number of imidazole rings is 1. The zero-order valence-corrected chi connectivity index (χ0v) is 39.4. The Hall–Kier alpha value is -7.36. The molecule has 364 valence electrons. The van der Waals surface area contributed by atoms with Crippen LogP contribution in [-0.4, -0.2) is 79.4 Å². The smallest absolute Gasteiger partial charge is 0.319 e. The van der Waals surface area contributed by atoms with Crippen molar-refractivity contribution >= 4 is 139 Å². The Labute approximate surface area is 409 Å². The van der Waals surface area contributed by atoms with Gasteiger partial charge in [-0.15, -0.1) is 34.2 Å². The molecule has 0 aliphatic carbocycles. The molecular weight excluding hydrogens is 1040 g/mol. The summed E-state index contributed by atoms with van der Waals surface area (Å²) in [6.07, 6.45) is 0. The van der Waals surface area contributed by atoms with Crippen molar-refractivity contribution in [3.8, 4) is 17.7 Å². The van der Waals surface area contributed by atoms with E-state index in [-0.39, 0.29) is 55.1 Å². The summed E-state index contributed by atoms with van der Waals surface area (Å²) in [6, 6.07) is 20.1. The van der Waals surface area contributed by atoms with Crippen molar-refractivity contribution in [2.24, 2.45) is 30.7 Å². The summed E-state index contributed by atoms with van der Waals surface area (Å²) in [4.78, 5) is 21.3. The van der Waals surface area contributed by atoms with Gasteiger partial charge in [0.1, 0.15) is 33.6 Å². The lowest BCUT2D eigenvalue weighted by molar-refractivity contribution is -0.432. The van der Waals surface area contributed by atoms with Gasteiger partial charge in [0.2, 0.25) is 11.0 Å². The number of thiazole rings is 1. The number of nitriles is 1. The molecule has 5 aromatic carbocycles. The lowest BCUT2D eigenvalue weighted by Gasteiger charge is -2.12. The number of hydrogen-bond acceptors (Lipinski definition) is 25. The Kier molecular flexibility index (Phi) is 14.8. The van der Waals surface area contributed by atoms with Crippen molar-refractivity contribution in [2.75, 3.05) is 17.6 Å². The molecule has 8 rings (SSSR count). The number of rotatable bonds is 17. The predicted octanol–water partition coefficient (Wildman–Crippen LogP) is 10.2. The number of fused-ring (bicyclic) bond motifs is 5. The first-order valence-corrected chi connectivity index (χ1v) is 24.7. The van der Waals surface area contributed by atoms with Crippen LogP contribution >= 0.6 is 35.4 Å². The molecule has 71 heavy (non-hydrogen) atoms. The van der Waals surface area contributed by atoms with E-state index in [4.69, 9.17) is 15.1 Å². The Morgan fingerprint density at radius 2 is 1.59 bits per heavy atom. The van der Waals surface area contributed by atoms with Crippen molar-refractivity contribution in [1.29, 1.82) is 5.26 Å². The van der Waals surface area contributed by atoms with E-state index < -0.39 is 66.3 Å². The van der Waals surface area contributed by atoms with Crippen LogP contribution in [0.3, 0.4) is 0 Å². The molecule has 2 amide bonds. The van der Waals surface area contributed by atoms with Gasteiger partial charge in [-0.3, -0.25) is 13.5 Å². The number of phenols is 1. The summed E-state index contributed by atoms with van der Waals surface area (Å²) < 4.78 is 78.9. The fourth-order valence-electron chi connectivity index (χ4n) is 6.66. The van der Waals surface area contributed by atoms with Gasteiger partial charge in [0.25, 0.3) is 20.2 Å².